The molecule has 0 spiro atoms. The van der Waals surface area contributed by atoms with Gasteiger partial charge in [-0.15, -0.1) is 0 Å². The van der Waals surface area contributed by atoms with Crippen LogP contribution in [0.5, 0.6) is 0 Å². The van der Waals surface area contributed by atoms with Crippen molar-refractivity contribution in [3.8, 4) is 0 Å². The van der Waals surface area contributed by atoms with E-state index in [0.717, 1.165) is 11.3 Å². The van der Waals surface area contributed by atoms with Crippen LogP contribution in [-0.2, 0) is 9.59 Å². The van der Waals surface area contributed by atoms with E-state index in [1.165, 1.54) is 0 Å². The highest BCUT2D eigenvalue weighted by molar-refractivity contribution is 5.92. The lowest BCUT2D eigenvalue weighted by atomic mass is 9.99. The number of nitrogens with zero attached hydrogens (tertiary/aromatic N) is 1. The Balaban J connectivity index is 1.88. The summed E-state index contributed by atoms with van der Waals surface area (Å²) in [7, 11) is 0. The summed E-state index contributed by atoms with van der Waals surface area (Å²) in [6.45, 7) is 5.21. The smallest absolute Gasteiger partial charge is 0.308 e. The molecule has 0 aliphatic carbocycles. The number of carbonyl (C=O) groups is 2. The van der Waals surface area contributed by atoms with E-state index < -0.39 is 5.97 Å². The molecule has 2 atom stereocenters. The van der Waals surface area contributed by atoms with E-state index in [2.05, 4.69) is 5.32 Å². The zero-order valence-electron chi connectivity index (χ0n) is 11.8. The van der Waals surface area contributed by atoms with Crippen molar-refractivity contribution in [3.63, 3.8) is 0 Å². The Morgan fingerprint density at radius 1 is 1.40 bits per heavy atom. The van der Waals surface area contributed by atoms with Gasteiger partial charge in [0.25, 0.3) is 0 Å². The minimum Gasteiger partial charge on any atom is -0.481 e. The molecule has 0 bridgehead atoms. The quantitative estimate of drug-likeness (QED) is 0.876. The van der Waals surface area contributed by atoms with Crippen LogP contribution in [0.3, 0.4) is 0 Å². The van der Waals surface area contributed by atoms with E-state index in [9.17, 15) is 9.59 Å². The summed E-state index contributed by atoms with van der Waals surface area (Å²) >= 11 is 0. The summed E-state index contributed by atoms with van der Waals surface area (Å²) in [5.74, 6) is -1.17. The molecule has 1 amide bonds. The molecular weight excluding hydrogens is 256 g/mol. The van der Waals surface area contributed by atoms with Crippen molar-refractivity contribution >= 4 is 17.6 Å². The minimum absolute atomic E-state index is 0.0827. The maximum Gasteiger partial charge on any atom is 0.308 e. The predicted molar refractivity (Wildman–Crippen MR) is 76.5 cm³/mol. The number of carboxylic acids is 1. The lowest BCUT2D eigenvalue weighted by Crippen LogP contribution is -2.32. The minimum atomic E-state index is -0.779. The molecule has 0 aromatic heterocycles. The van der Waals surface area contributed by atoms with Gasteiger partial charge in [-0.2, -0.15) is 0 Å². The third-order valence-electron chi connectivity index (χ3n) is 3.67. The van der Waals surface area contributed by atoms with E-state index in [0.29, 0.717) is 13.1 Å². The van der Waals surface area contributed by atoms with Crippen LogP contribution < -0.4 is 5.32 Å². The first kappa shape index (κ1) is 14.5. The number of aryl methyl sites for hydroxylation is 1. The molecule has 5 heteroatoms. The molecule has 1 aliphatic rings. The normalized spacial score (nSPS) is 22.7. The molecule has 1 heterocycles. The van der Waals surface area contributed by atoms with Gasteiger partial charge in [0.15, 0.2) is 0 Å². The molecule has 0 unspecified atom stereocenters. The van der Waals surface area contributed by atoms with Crippen LogP contribution in [0.2, 0.25) is 0 Å². The number of likely N-dealkylation sites (tertiary alicyclic amines) is 1. The molecule has 0 radical (unpaired) electrons. The third-order valence-corrected chi connectivity index (χ3v) is 3.67. The summed E-state index contributed by atoms with van der Waals surface area (Å²) in [6, 6.07) is 7.61. The van der Waals surface area contributed by atoms with Crippen molar-refractivity contribution in [1.29, 1.82) is 0 Å². The van der Waals surface area contributed by atoms with E-state index in [1.807, 2.05) is 43.0 Å². The van der Waals surface area contributed by atoms with Crippen molar-refractivity contribution < 1.29 is 14.7 Å². The Labute approximate surface area is 118 Å². The Morgan fingerprint density at radius 3 is 2.75 bits per heavy atom. The Morgan fingerprint density at radius 2 is 2.15 bits per heavy atom. The average Bonchev–Trinajstić information content (AvgIpc) is 2.70. The first-order valence-electron chi connectivity index (χ1n) is 6.77. The second-order valence-corrected chi connectivity index (χ2v) is 5.53. The molecule has 2 rings (SSSR count). The number of hydrogen-bond donors (Lipinski definition) is 2. The Hall–Kier alpha value is -1.88. The zero-order chi connectivity index (χ0) is 14.7. The third kappa shape index (κ3) is 3.57. The number of carbonyl (C=O) groups excluding carboxylic acids is 1. The van der Waals surface area contributed by atoms with Crippen LogP contribution in [0.15, 0.2) is 24.3 Å². The van der Waals surface area contributed by atoms with E-state index in [1.54, 1.807) is 0 Å². The monoisotopic (exact) mass is 276 g/mol. The van der Waals surface area contributed by atoms with Crippen LogP contribution in [0.1, 0.15) is 12.5 Å². The largest absolute Gasteiger partial charge is 0.481 e. The number of aliphatic carboxylic acids is 1. The molecule has 20 heavy (non-hydrogen) atoms. The number of carboxylic acid groups (broad SMARTS) is 1. The van der Waals surface area contributed by atoms with Gasteiger partial charge in [-0.3, -0.25) is 14.5 Å². The summed E-state index contributed by atoms with van der Waals surface area (Å²) in [6.07, 6.45) is 0. The van der Waals surface area contributed by atoms with E-state index in [-0.39, 0.29) is 24.3 Å². The van der Waals surface area contributed by atoms with Crippen LogP contribution in [0.4, 0.5) is 5.69 Å². The number of nitrogens with one attached hydrogen (secondary N) is 1. The maximum absolute atomic E-state index is 12.0. The highest BCUT2D eigenvalue weighted by Gasteiger charge is 2.35. The SMILES string of the molecule is Cc1cccc(NC(=O)CN2C[C@@H](C)[C@H](C(=O)O)C2)c1. The second kappa shape index (κ2) is 6.05. The highest BCUT2D eigenvalue weighted by Crippen LogP contribution is 2.22. The predicted octanol–water partition coefficient (Wildman–Crippen LogP) is 1.59. The highest BCUT2D eigenvalue weighted by atomic mass is 16.4. The number of anilines is 1. The number of rotatable bonds is 4. The molecule has 5 nitrogen and oxygen atoms in total. The van der Waals surface area contributed by atoms with Gasteiger partial charge in [0.2, 0.25) is 5.91 Å². The van der Waals surface area contributed by atoms with Crippen molar-refractivity contribution in [2.24, 2.45) is 11.8 Å². The summed E-state index contributed by atoms with van der Waals surface area (Å²) < 4.78 is 0. The molecule has 1 aromatic rings. The maximum atomic E-state index is 12.0. The van der Waals surface area contributed by atoms with Crippen LogP contribution in [0.25, 0.3) is 0 Å². The van der Waals surface area contributed by atoms with Gasteiger partial charge < -0.3 is 10.4 Å². The number of benzene rings is 1. The molecule has 1 fully saturated rings. The van der Waals surface area contributed by atoms with Gasteiger partial charge in [-0.25, -0.2) is 0 Å². The molecule has 2 N–H and O–H groups in total. The lowest BCUT2D eigenvalue weighted by molar-refractivity contribution is -0.142. The van der Waals surface area contributed by atoms with E-state index >= 15 is 0 Å². The van der Waals surface area contributed by atoms with Gasteiger partial charge in [0, 0.05) is 18.8 Å². The van der Waals surface area contributed by atoms with E-state index in [4.69, 9.17) is 5.11 Å². The molecular formula is C15H20N2O3. The standard InChI is InChI=1S/C15H20N2O3/c1-10-4-3-5-12(6-10)16-14(18)9-17-7-11(2)13(8-17)15(19)20/h3-6,11,13H,7-9H2,1-2H3,(H,16,18)(H,19,20)/t11-,13-/m1/s1. The fourth-order valence-electron chi connectivity index (χ4n) is 2.64. The Kier molecular flexibility index (Phi) is 4.39. The number of hydrogen-bond acceptors (Lipinski definition) is 3. The molecule has 108 valence electrons. The van der Waals surface area contributed by atoms with Crippen molar-refractivity contribution in [2.75, 3.05) is 25.0 Å². The van der Waals surface area contributed by atoms with Gasteiger partial charge >= 0.3 is 5.97 Å². The van der Waals surface area contributed by atoms with Gasteiger partial charge in [-0.1, -0.05) is 19.1 Å². The average molecular weight is 276 g/mol. The second-order valence-electron chi connectivity index (χ2n) is 5.53. The molecule has 1 aromatic carbocycles. The van der Waals surface area contributed by atoms with Gasteiger partial charge in [0.05, 0.1) is 12.5 Å². The fraction of sp³-hybridized carbons (Fsp3) is 0.467. The summed E-state index contributed by atoms with van der Waals surface area (Å²) in [4.78, 5) is 24.9. The number of amides is 1. The topological polar surface area (TPSA) is 69.6 Å². The molecule has 1 aliphatic heterocycles. The first-order valence-corrected chi connectivity index (χ1v) is 6.77. The van der Waals surface area contributed by atoms with Crippen LogP contribution in [-0.4, -0.2) is 41.5 Å². The lowest BCUT2D eigenvalue weighted by Gasteiger charge is -2.15. The van der Waals surface area contributed by atoms with Crippen molar-refractivity contribution in [2.45, 2.75) is 13.8 Å². The van der Waals surface area contributed by atoms with Gasteiger partial charge in [-0.05, 0) is 30.5 Å². The van der Waals surface area contributed by atoms with Crippen LogP contribution in [0, 0.1) is 18.8 Å². The molecule has 0 saturated carbocycles. The zero-order valence-corrected chi connectivity index (χ0v) is 11.8. The van der Waals surface area contributed by atoms with Gasteiger partial charge in [0.1, 0.15) is 0 Å². The Bertz CT molecular complexity index is 516. The van der Waals surface area contributed by atoms with Crippen LogP contribution >= 0.6 is 0 Å². The van der Waals surface area contributed by atoms with Crippen molar-refractivity contribution in [1.82, 2.24) is 4.90 Å². The summed E-state index contributed by atoms with van der Waals surface area (Å²) in [5, 5.41) is 11.9. The first-order chi connectivity index (χ1) is 9.45. The molecule has 1 saturated heterocycles. The summed E-state index contributed by atoms with van der Waals surface area (Å²) in [5.41, 5.74) is 1.86. The van der Waals surface area contributed by atoms with Crippen molar-refractivity contribution in [3.05, 3.63) is 29.8 Å². The fourth-order valence-corrected chi connectivity index (χ4v) is 2.64.